The van der Waals surface area contributed by atoms with Crippen LogP contribution < -0.4 is 19.1 Å². The molecule has 4 aromatic rings. The van der Waals surface area contributed by atoms with E-state index in [2.05, 4.69) is 11.9 Å². The lowest BCUT2D eigenvalue weighted by Crippen LogP contribution is -2.29. The van der Waals surface area contributed by atoms with Gasteiger partial charge in [0.15, 0.2) is 16.6 Å². The highest BCUT2D eigenvalue weighted by molar-refractivity contribution is 7.22. The van der Waals surface area contributed by atoms with Crippen LogP contribution in [-0.4, -0.2) is 41.6 Å². The Bertz CT molecular complexity index is 1770. The van der Waals surface area contributed by atoms with Crippen LogP contribution in [0.3, 0.4) is 0 Å². The molecular weight excluding hydrogens is 571 g/mol. The number of anilines is 1. The zero-order chi connectivity index (χ0) is 30.2. The summed E-state index contributed by atoms with van der Waals surface area (Å²) >= 11 is 1.09. The van der Waals surface area contributed by atoms with Gasteiger partial charge >= 0.3 is 5.91 Å². The number of hydrogen-bond acceptors (Lipinski definition) is 8. The summed E-state index contributed by atoms with van der Waals surface area (Å²) in [4.78, 5) is 33.2. The van der Waals surface area contributed by atoms with Crippen LogP contribution >= 0.6 is 11.3 Å². The molecule has 3 heterocycles. The van der Waals surface area contributed by atoms with Crippen molar-refractivity contribution in [3.8, 4) is 17.2 Å². The summed E-state index contributed by atoms with van der Waals surface area (Å²) < 4.78 is 31.9. The number of halogens is 1. The van der Waals surface area contributed by atoms with Gasteiger partial charge in [0.25, 0.3) is 5.78 Å². The Morgan fingerprint density at radius 2 is 1.95 bits per heavy atom. The van der Waals surface area contributed by atoms with E-state index in [-0.39, 0.29) is 22.6 Å². The van der Waals surface area contributed by atoms with E-state index < -0.39 is 23.5 Å². The summed E-state index contributed by atoms with van der Waals surface area (Å²) in [7, 11) is 1.52. The third-order valence-corrected chi connectivity index (χ3v) is 8.69. The van der Waals surface area contributed by atoms with Gasteiger partial charge in [-0.1, -0.05) is 37.2 Å². The van der Waals surface area contributed by atoms with E-state index in [0.717, 1.165) is 41.9 Å². The normalized spacial score (nSPS) is 19.1. The number of aromatic nitrogens is 1. The summed E-state index contributed by atoms with van der Waals surface area (Å²) in [5, 5.41) is 11.9. The average Bonchev–Trinajstić information content (AvgIpc) is 3.66. The third-order valence-electron chi connectivity index (χ3n) is 7.67. The fourth-order valence-electron chi connectivity index (χ4n) is 5.57. The standard InChI is InChI=1S/C33H31FN2O6S/c1-4-5-6-13-41-25-12-7-19(16-26(25)40-3)29-28(30(37)20-8-11-24-21(15-20)14-18(2)42-24)31(38)32(39)36(29)33-35-23-10-9-22(34)17-27(23)43-33/h7-12,15-18,29,37H,4-6,13-14H2,1-3H3/t18-,29-/m0/s1. The number of fused-ring (bicyclic) bond motifs is 2. The molecule has 0 aliphatic carbocycles. The van der Waals surface area contributed by atoms with Gasteiger partial charge in [0.1, 0.15) is 23.4 Å². The number of nitrogens with zero attached hydrogens (tertiary/aromatic N) is 2. The van der Waals surface area contributed by atoms with E-state index in [1.54, 1.807) is 36.4 Å². The highest BCUT2D eigenvalue weighted by Crippen LogP contribution is 2.46. The number of amides is 1. The van der Waals surface area contributed by atoms with Crippen molar-refractivity contribution in [2.24, 2.45) is 0 Å². The number of methoxy groups -OCH3 is 1. The topological polar surface area (TPSA) is 98.2 Å². The van der Waals surface area contributed by atoms with Crippen molar-refractivity contribution in [3.05, 3.63) is 82.7 Å². The van der Waals surface area contributed by atoms with Gasteiger partial charge in [-0.2, -0.15) is 0 Å². The molecule has 0 unspecified atom stereocenters. The first-order valence-electron chi connectivity index (χ1n) is 14.3. The third kappa shape index (κ3) is 5.31. The SMILES string of the molecule is CCCCCOc1ccc([C@H]2C(=C(O)c3ccc4c(c3)C[C@H](C)O4)C(=O)C(=O)N2c2nc3ccc(F)cc3s2)cc1OC. The van der Waals surface area contributed by atoms with Crippen molar-refractivity contribution in [2.45, 2.75) is 51.7 Å². The van der Waals surface area contributed by atoms with Crippen LogP contribution in [-0.2, 0) is 16.0 Å². The van der Waals surface area contributed by atoms with E-state index in [4.69, 9.17) is 14.2 Å². The van der Waals surface area contributed by atoms with Crippen molar-refractivity contribution in [1.29, 1.82) is 0 Å². The first kappa shape index (κ1) is 28.7. The number of unbranched alkanes of at least 4 members (excludes halogenated alkanes) is 2. The molecule has 0 spiro atoms. The Morgan fingerprint density at radius 3 is 2.74 bits per heavy atom. The number of aliphatic hydroxyl groups excluding tert-OH is 1. The number of benzene rings is 3. The van der Waals surface area contributed by atoms with E-state index >= 15 is 0 Å². The molecule has 0 bridgehead atoms. The first-order valence-corrected chi connectivity index (χ1v) is 15.1. The summed E-state index contributed by atoms with van der Waals surface area (Å²) in [5.41, 5.74) is 2.22. The molecule has 2 aliphatic heterocycles. The van der Waals surface area contributed by atoms with Gasteiger partial charge in [0.05, 0.1) is 35.5 Å². The number of Topliss-reactive ketones (excluding diaryl/α,β-unsaturated/α-hetero) is 1. The van der Waals surface area contributed by atoms with E-state index in [1.165, 1.54) is 30.2 Å². The van der Waals surface area contributed by atoms with Crippen molar-refractivity contribution in [1.82, 2.24) is 4.98 Å². The van der Waals surface area contributed by atoms with Crippen LogP contribution in [0.2, 0.25) is 0 Å². The minimum Gasteiger partial charge on any atom is -0.507 e. The zero-order valence-electron chi connectivity index (χ0n) is 24.1. The van der Waals surface area contributed by atoms with Gasteiger partial charge in [-0.05, 0) is 73.0 Å². The predicted molar refractivity (Wildman–Crippen MR) is 163 cm³/mol. The fraction of sp³-hybridized carbons (Fsp3) is 0.303. The minimum absolute atomic E-state index is 0.00276. The fourth-order valence-corrected chi connectivity index (χ4v) is 6.58. The van der Waals surface area contributed by atoms with Crippen molar-refractivity contribution in [2.75, 3.05) is 18.6 Å². The number of aliphatic hydroxyl groups is 1. The zero-order valence-corrected chi connectivity index (χ0v) is 24.9. The van der Waals surface area contributed by atoms with Crippen LogP contribution in [0.4, 0.5) is 9.52 Å². The lowest BCUT2D eigenvalue weighted by Gasteiger charge is -2.24. The highest BCUT2D eigenvalue weighted by Gasteiger charge is 2.48. The Kier molecular flexibility index (Phi) is 7.79. The molecule has 1 amide bonds. The predicted octanol–water partition coefficient (Wildman–Crippen LogP) is 6.96. The molecule has 2 aliphatic rings. The molecule has 0 radical (unpaired) electrons. The van der Waals surface area contributed by atoms with Crippen LogP contribution in [0.25, 0.3) is 16.0 Å². The highest BCUT2D eigenvalue weighted by atomic mass is 32.1. The Balaban J connectivity index is 1.48. The lowest BCUT2D eigenvalue weighted by atomic mass is 9.94. The van der Waals surface area contributed by atoms with Crippen LogP contribution in [0, 0.1) is 5.82 Å². The average molecular weight is 603 g/mol. The number of rotatable bonds is 9. The maximum atomic E-state index is 14.0. The van der Waals surface area contributed by atoms with Gasteiger partial charge in [-0.15, -0.1) is 0 Å². The quantitative estimate of drug-likeness (QED) is 0.0957. The van der Waals surface area contributed by atoms with Crippen molar-refractivity contribution < 1.29 is 33.3 Å². The second-order valence-electron chi connectivity index (χ2n) is 10.7. The van der Waals surface area contributed by atoms with Gasteiger partial charge in [-0.3, -0.25) is 14.5 Å². The Hall–Kier alpha value is -4.44. The number of hydrogen-bond donors (Lipinski definition) is 1. The molecule has 2 atom stereocenters. The largest absolute Gasteiger partial charge is 0.507 e. The molecule has 1 saturated heterocycles. The summed E-state index contributed by atoms with van der Waals surface area (Å²) in [6.07, 6.45) is 3.65. The monoisotopic (exact) mass is 602 g/mol. The molecule has 0 saturated carbocycles. The smallest absolute Gasteiger partial charge is 0.301 e. The Morgan fingerprint density at radius 1 is 1.12 bits per heavy atom. The van der Waals surface area contributed by atoms with Crippen LogP contribution in [0.1, 0.15) is 55.8 Å². The number of thiazole rings is 1. The summed E-state index contributed by atoms with van der Waals surface area (Å²) in [6.45, 7) is 4.59. The molecule has 1 aromatic heterocycles. The number of carbonyl (C=O) groups excluding carboxylic acids is 2. The van der Waals surface area contributed by atoms with Gasteiger partial charge in [-0.25, -0.2) is 9.37 Å². The number of ketones is 1. The van der Waals surface area contributed by atoms with E-state index in [9.17, 15) is 19.1 Å². The molecule has 6 rings (SSSR count). The van der Waals surface area contributed by atoms with Crippen molar-refractivity contribution >= 4 is 44.1 Å². The van der Waals surface area contributed by atoms with E-state index in [0.29, 0.717) is 45.9 Å². The first-order chi connectivity index (χ1) is 20.8. The van der Waals surface area contributed by atoms with Gasteiger partial charge in [0, 0.05) is 12.0 Å². The molecule has 1 N–H and O–H groups in total. The van der Waals surface area contributed by atoms with E-state index in [1.807, 2.05) is 6.92 Å². The maximum absolute atomic E-state index is 14.0. The molecule has 1 fully saturated rings. The number of carbonyl (C=O) groups is 2. The van der Waals surface area contributed by atoms with Gasteiger partial charge < -0.3 is 19.3 Å². The maximum Gasteiger partial charge on any atom is 0.301 e. The summed E-state index contributed by atoms with van der Waals surface area (Å²) in [6, 6.07) is 13.5. The van der Waals surface area contributed by atoms with Crippen LogP contribution in [0.15, 0.2) is 60.2 Å². The van der Waals surface area contributed by atoms with Crippen molar-refractivity contribution in [3.63, 3.8) is 0 Å². The molecule has 8 nitrogen and oxygen atoms in total. The minimum atomic E-state index is -1.03. The molecule has 43 heavy (non-hydrogen) atoms. The lowest BCUT2D eigenvalue weighted by molar-refractivity contribution is -0.132. The molecule has 222 valence electrons. The number of ether oxygens (including phenoxy) is 3. The second-order valence-corrected chi connectivity index (χ2v) is 11.7. The second kappa shape index (κ2) is 11.7. The Labute approximate surface area is 252 Å². The van der Waals surface area contributed by atoms with Crippen LogP contribution in [0.5, 0.6) is 17.2 Å². The molecule has 3 aromatic carbocycles. The molecule has 10 heteroatoms. The molecular formula is C33H31FN2O6S. The summed E-state index contributed by atoms with van der Waals surface area (Å²) in [5.74, 6) is -0.756. The van der Waals surface area contributed by atoms with Gasteiger partial charge in [0.2, 0.25) is 0 Å².